The van der Waals surface area contributed by atoms with Crippen molar-refractivity contribution in [2.75, 3.05) is 5.75 Å². The first-order valence-corrected chi connectivity index (χ1v) is 8.13. The van der Waals surface area contributed by atoms with Crippen LogP contribution in [0.2, 0.25) is 5.02 Å². The van der Waals surface area contributed by atoms with E-state index in [0.29, 0.717) is 17.1 Å². The van der Waals surface area contributed by atoms with Gasteiger partial charge in [-0.05, 0) is 18.6 Å². The molecule has 0 radical (unpaired) electrons. The number of pyridine rings is 1. The number of nitrogens with one attached hydrogen (secondary N) is 1. The summed E-state index contributed by atoms with van der Waals surface area (Å²) < 4.78 is 27.7. The monoisotopic (exact) mass is 301 g/mol. The summed E-state index contributed by atoms with van der Waals surface area (Å²) in [7, 11) is -3.21. The molecule has 0 bridgehead atoms. The predicted molar refractivity (Wildman–Crippen MR) is 75.7 cm³/mol. The molecule has 0 aliphatic rings. The van der Waals surface area contributed by atoms with Crippen LogP contribution in [0.1, 0.15) is 25.5 Å². The summed E-state index contributed by atoms with van der Waals surface area (Å²) in [6.07, 6.45) is 5.02. The third-order valence-corrected chi connectivity index (χ3v) is 4.34. The van der Waals surface area contributed by atoms with Gasteiger partial charge in [-0.15, -0.1) is 0 Å². The van der Waals surface area contributed by atoms with Crippen LogP contribution in [0, 0.1) is 0 Å². The van der Waals surface area contributed by atoms with Gasteiger partial charge in [-0.1, -0.05) is 24.9 Å². The lowest BCUT2D eigenvalue weighted by atomic mass is 10.4. The van der Waals surface area contributed by atoms with Crippen molar-refractivity contribution in [3.05, 3.63) is 35.2 Å². The SMILES string of the molecule is CCCCS(=O)(=O)NCc1cn2cc(Cl)ccc2n1. The molecule has 0 aromatic carbocycles. The van der Waals surface area contributed by atoms with Gasteiger partial charge in [-0.25, -0.2) is 18.1 Å². The molecule has 0 atom stereocenters. The highest BCUT2D eigenvalue weighted by atomic mass is 35.5. The molecule has 0 aliphatic carbocycles. The lowest BCUT2D eigenvalue weighted by molar-refractivity contribution is 0.577. The maximum absolute atomic E-state index is 11.7. The van der Waals surface area contributed by atoms with Gasteiger partial charge in [0.2, 0.25) is 10.0 Å². The molecule has 1 N–H and O–H groups in total. The minimum Gasteiger partial charge on any atom is -0.305 e. The second-order valence-corrected chi connectivity index (χ2v) is 6.70. The summed E-state index contributed by atoms with van der Waals surface area (Å²) in [4.78, 5) is 4.31. The Balaban J connectivity index is 2.05. The van der Waals surface area contributed by atoms with Crippen LogP contribution in [-0.4, -0.2) is 23.6 Å². The summed E-state index contributed by atoms with van der Waals surface area (Å²) in [5, 5.41) is 0.611. The van der Waals surface area contributed by atoms with Crippen molar-refractivity contribution >= 4 is 27.3 Å². The number of fused-ring (bicyclic) bond motifs is 1. The van der Waals surface area contributed by atoms with E-state index in [-0.39, 0.29) is 12.3 Å². The average Bonchev–Trinajstić information content (AvgIpc) is 2.76. The first-order chi connectivity index (χ1) is 9.00. The van der Waals surface area contributed by atoms with E-state index < -0.39 is 10.0 Å². The normalized spacial score (nSPS) is 12.1. The van der Waals surface area contributed by atoms with Crippen LogP contribution >= 0.6 is 11.6 Å². The third-order valence-electron chi connectivity index (χ3n) is 2.70. The fraction of sp³-hybridized carbons (Fsp3) is 0.417. The Kier molecular flexibility index (Phi) is 4.44. The Morgan fingerprint density at radius 2 is 2.16 bits per heavy atom. The van der Waals surface area contributed by atoms with E-state index in [9.17, 15) is 8.42 Å². The van der Waals surface area contributed by atoms with Gasteiger partial charge >= 0.3 is 0 Å². The molecule has 0 fully saturated rings. The van der Waals surface area contributed by atoms with Crippen LogP contribution in [-0.2, 0) is 16.6 Å². The molecule has 0 aliphatic heterocycles. The Hall–Kier alpha value is -1.11. The number of hydrogen-bond acceptors (Lipinski definition) is 3. The number of imidazole rings is 1. The summed E-state index contributed by atoms with van der Waals surface area (Å²) in [6.45, 7) is 2.16. The van der Waals surface area contributed by atoms with Gasteiger partial charge in [0.15, 0.2) is 0 Å². The lowest BCUT2D eigenvalue weighted by Gasteiger charge is -2.03. The molecule has 19 heavy (non-hydrogen) atoms. The molecular formula is C12H16ClN3O2S. The molecule has 104 valence electrons. The smallest absolute Gasteiger partial charge is 0.211 e. The second-order valence-electron chi connectivity index (χ2n) is 4.34. The number of unbranched alkanes of at least 4 members (excludes halogenated alkanes) is 1. The van der Waals surface area contributed by atoms with E-state index in [1.54, 1.807) is 28.9 Å². The third kappa shape index (κ3) is 3.92. The van der Waals surface area contributed by atoms with Crippen LogP contribution in [0.3, 0.4) is 0 Å². The standard InChI is InChI=1S/C12H16ClN3O2S/c1-2-3-6-19(17,18)14-7-11-9-16-8-10(13)4-5-12(16)15-11/h4-5,8-9,14H,2-3,6-7H2,1H3. The molecule has 2 aromatic heterocycles. The van der Waals surface area contributed by atoms with Gasteiger partial charge in [-0.3, -0.25) is 0 Å². The highest BCUT2D eigenvalue weighted by Gasteiger charge is 2.10. The fourth-order valence-corrected chi connectivity index (χ4v) is 3.04. The quantitative estimate of drug-likeness (QED) is 0.889. The van der Waals surface area contributed by atoms with Gasteiger partial charge in [0.05, 0.1) is 23.0 Å². The van der Waals surface area contributed by atoms with E-state index in [0.717, 1.165) is 12.1 Å². The number of hydrogen-bond donors (Lipinski definition) is 1. The number of rotatable bonds is 6. The van der Waals surface area contributed by atoms with Crippen molar-refractivity contribution in [3.63, 3.8) is 0 Å². The summed E-state index contributed by atoms with van der Waals surface area (Å²) in [5.41, 5.74) is 1.41. The number of halogens is 1. The van der Waals surface area contributed by atoms with E-state index in [2.05, 4.69) is 9.71 Å². The Morgan fingerprint density at radius 3 is 2.89 bits per heavy atom. The van der Waals surface area contributed by atoms with E-state index in [4.69, 9.17) is 11.6 Å². The van der Waals surface area contributed by atoms with Gasteiger partial charge < -0.3 is 4.40 Å². The fourth-order valence-electron chi connectivity index (χ4n) is 1.69. The highest BCUT2D eigenvalue weighted by molar-refractivity contribution is 7.89. The van der Waals surface area contributed by atoms with Crippen LogP contribution in [0.25, 0.3) is 5.65 Å². The molecule has 0 unspecified atom stereocenters. The first-order valence-electron chi connectivity index (χ1n) is 6.10. The average molecular weight is 302 g/mol. The molecule has 0 saturated heterocycles. The zero-order valence-corrected chi connectivity index (χ0v) is 12.2. The minimum atomic E-state index is -3.21. The number of sulfonamides is 1. The molecule has 0 spiro atoms. The maximum atomic E-state index is 11.7. The van der Waals surface area contributed by atoms with E-state index >= 15 is 0 Å². The van der Waals surface area contributed by atoms with Gasteiger partial charge in [0.25, 0.3) is 0 Å². The summed E-state index contributed by atoms with van der Waals surface area (Å²) >= 11 is 5.87. The highest BCUT2D eigenvalue weighted by Crippen LogP contribution is 2.11. The molecule has 0 amide bonds. The van der Waals surface area contributed by atoms with Crippen LogP contribution in [0.4, 0.5) is 0 Å². The van der Waals surface area contributed by atoms with Crippen LogP contribution in [0.5, 0.6) is 0 Å². The van der Waals surface area contributed by atoms with Crippen molar-refractivity contribution in [2.24, 2.45) is 0 Å². The van der Waals surface area contributed by atoms with Crippen LogP contribution < -0.4 is 4.72 Å². The topological polar surface area (TPSA) is 63.5 Å². The van der Waals surface area contributed by atoms with Crippen LogP contribution in [0.15, 0.2) is 24.5 Å². The van der Waals surface area contributed by atoms with Gasteiger partial charge in [0, 0.05) is 12.4 Å². The molecular weight excluding hydrogens is 286 g/mol. The van der Waals surface area contributed by atoms with E-state index in [1.165, 1.54) is 0 Å². The van der Waals surface area contributed by atoms with Crippen molar-refractivity contribution < 1.29 is 8.42 Å². The largest absolute Gasteiger partial charge is 0.305 e. The summed E-state index contributed by atoms with van der Waals surface area (Å²) in [6, 6.07) is 3.54. The minimum absolute atomic E-state index is 0.155. The van der Waals surface area contributed by atoms with Crippen molar-refractivity contribution in [2.45, 2.75) is 26.3 Å². The van der Waals surface area contributed by atoms with E-state index in [1.807, 2.05) is 6.92 Å². The lowest BCUT2D eigenvalue weighted by Crippen LogP contribution is -2.26. The van der Waals surface area contributed by atoms with Gasteiger partial charge in [-0.2, -0.15) is 0 Å². The number of nitrogens with zero attached hydrogens (tertiary/aromatic N) is 2. The molecule has 2 rings (SSSR count). The Labute approximate surface area is 117 Å². The first kappa shape index (κ1) is 14.3. The maximum Gasteiger partial charge on any atom is 0.211 e. The Bertz CT molecular complexity index is 667. The molecule has 7 heteroatoms. The molecule has 2 aromatic rings. The zero-order valence-electron chi connectivity index (χ0n) is 10.6. The summed E-state index contributed by atoms with van der Waals surface area (Å²) in [5.74, 6) is 0.155. The molecule has 0 saturated carbocycles. The van der Waals surface area contributed by atoms with Crippen molar-refractivity contribution in [3.8, 4) is 0 Å². The Morgan fingerprint density at radius 1 is 1.37 bits per heavy atom. The second kappa shape index (κ2) is 5.90. The predicted octanol–water partition coefficient (Wildman–Crippen LogP) is 2.21. The molecule has 2 heterocycles. The molecule has 5 nitrogen and oxygen atoms in total. The number of aromatic nitrogens is 2. The van der Waals surface area contributed by atoms with Gasteiger partial charge in [0.1, 0.15) is 5.65 Å². The zero-order chi connectivity index (χ0) is 13.9. The van der Waals surface area contributed by atoms with Crippen molar-refractivity contribution in [1.82, 2.24) is 14.1 Å². The van der Waals surface area contributed by atoms with Crippen molar-refractivity contribution in [1.29, 1.82) is 0 Å².